The van der Waals surface area contributed by atoms with E-state index in [1.54, 1.807) is 0 Å². The highest BCUT2D eigenvalue weighted by atomic mass is 32.1. The lowest BCUT2D eigenvalue weighted by Gasteiger charge is -2.15. The molecule has 0 saturated heterocycles. The summed E-state index contributed by atoms with van der Waals surface area (Å²) in [5, 5.41) is 4.93. The quantitative estimate of drug-likeness (QED) is 0.825. The highest BCUT2D eigenvalue weighted by Gasteiger charge is 2.15. The van der Waals surface area contributed by atoms with Crippen LogP contribution in [0.2, 0.25) is 0 Å². The smallest absolute Gasteiger partial charge is 0.107 e. The average Bonchev–Trinajstić information content (AvgIpc) is 2.70. The van der Waals surface area contributed by atoms with E-state index in [9.17, 15) is 0 Å². The highest BCUT2D eigenvalue weighted by Crippen LogP contribution is 2.23. The molecule has 0 radical (unpaired) electrons. The molecule has 1 aliphatic rings. The van der Waals surface area contributed by atoms with Gasteiger partial charge in [0.2, 0.25) is 0 Å². The predicted octanol–water partition coefficient (Wildman–Crippen LogP) is 3.76. The van der Waals surface area contributed by atoms with Gasteiger partial charge in [0.15, 0.2) is 0 Å². The van der Waals surface area contributed by atoms with E-state index in [1.165, 1.54) is 42.0 Å². The van der Waals surface area contributed by atoms with Crippen molar-refractivity contribution < 1.29 is 0 Å². The van der Waals surface area contributed by atoms with Gasteiger partial charge in [-0.3, -0.25) is 0 Å². The van der Waals surface area contributed by atoms with Crippen molar-refractivity contribution in [2.24, 2.45) is 5.92 Å². The molecule has 3 heteroatoms. The molecule has 1 aliphatic carbocycles. The number of hydrogen-bond acceptors (Lipinski definition) is 3. The molecule has 1 heterocycles. The van der Waals surface area contributed by atoms with Crippen LogP contribution in [0.15, 0.2) is 6.20 Å². The van der Waals surface area contributed by atoms with Gasteiger partial charge in [-0.15, -0.1) is 11.3 Å². The van der Waals surface area contributed by atoms with Crippen LogP contribution in [0.4, 0.5) is 0 Å². The topological polar surface area (TPSA) is 24.9 Å². The molecule has 96 valence electrons. The summed E-state index contributed by atoms with van der Waals surface area (Å²) in [7, 11) is 0. The van der Waals surface area contributed by atoms with Crippen LogP contribution < -0.4 is 5.32 Å². The van der Waals surface area contributed by atoms with Crippen LogP contribution in [-0.4, -0.2) is 11.0 Å². The molecule has 2 nitrogen and oxygen atoms in total. The summed E-state index contributed by atoms with van der Waals surface area (Å²) in [6.07, 6.45) is 10.0. The molecular formula is C14H24N2S. The van der Waals surface area contributed by atoms with E-state index in [0.717, 1.165) is 18.9 Å². The first-order chi connectivity index (χ1) is 8.28. The molecule has 0 aliphatic heterocycles. The van der Waals surface area contributed by atoms with Gasteiger partial charge in [-0.05, 0) is 31.6 Å². The summed E-state index contributed by atoms with van der Waals surface area (Å²) in [6, 6.07) is 0.717. The number of rotatable bonds is 4. The highest BCUT2D eigenvalue weighted by molar-refractivity contribution is 7.11. The molecule has 1 aromatic heterocycles. The minimum atomic E-state index is 0.717. The monoisotopic (exact) mass is 252 g/mol. The van der Waals surface area contributed by atoms with Crippen molar-refractivity contribution in [2.75, 3.05) is 0 Å². The fourth-order valence-corrected chi connectivity index (χ4v) is 3.33. The summed E-state index contributed by atoms with van der Waals surface area (Å²) >= 11 is 1.85. The van der Waals surface area contributed by atoms with E-state index in [2.05, 4.69) is 24.1 Å². The zero-order valence-corrected chi connectivity index (χ0v) is 11.9. The fourth-order valence-electron chi connectivity index (χ4n) is 2.52. The maximum atomic E-state index is 4.47. The summed E-state index contributed by atoms with van der Waals surface area (Å²) in [5.74, 6) is 0.924. The SMILES string of the molecule is CCc1cnc(CNC2CCCC(C)CC2)s1. The Morgan fingerprint density at radius 1 is 1.35 bits per heavy atom. The van der Waals surface area contributed by atoms with E-state index in [4.69, 9.17) is 0 Å². The zero-order chi connectivity index (χ0) is 12.1. The molecule has 1 saturated carbocycles. The van der Waals surface area contributed by atoms with E-state index < -0.39 is 0 Å². The Labute approximate surface area is 109 Å². The lowest BCUT2D eigenvalue weighted by atomic mass is 10.0. The van der Waals surface area contributed by atoms with Crippen LogP contribution in [0.5, 0.6) is 0 Å². The van der Waals surface area contributed by atoms with Gasteiger partial charge in [0.25, 0.3) is 0 Å². The van der Waals surface area contributed by atoms with Gasteiger partial charge in [-0.25, -0.2) is 4.98 Å². The molecule has 2 rings (SSSR count). The van der Waals surface area contributed by atoms with Crippen molar-refractivity contribution in [3.05, 3.63) is 16.1 Å². The maximum Gasteiger partial charge on any atom is 0.107 e. The lowest BCUT2D eigenvalue weighted by Crippen LogP contribution is -2.27. The molecule has 0 spiro atoms. The Morgan fingerprint density at radius 3 is 3.00 bits per heavy atom. The van der Waals surface area contributed by atoms with Crippen molar-refractivity contribution in [1.29, 1.82) is 0 Å². The molecule has 1 fully saturated rings. The molecule has 1 aromatic rings. The first-order valence-electron chi connectivity index (χ1n) is 6.95. The van der Waals surface area contributed by atoms with E-state index >= 15 is 0 Å². The van der Waals surface area contributed by atoms with Crippen LogP contribution in [-0.2, 0) is 13.0 Å². The number of thiazole rings is 1. The van der Waals surface area contributed by atoms with Gasteiger partial charge in [-0.1, -0.05) is 26.7 Å². The third-order valence-electron chi connectivity index (χ3n) is 3.75. The summed E-state index contributed by atoms with van der Waals surface area (Å²) < 4.78 is 0. The van der Waals surface area contributed by atoms with Crippen LogP contribution in [0.25, 0.3) is 0 Å². The molecular weight excluding hydrogens is 228 g/mol. The van der Waals surface area contributed by atoms with Gasteiger partial charge in [-0.2, -0.15) is 0 Å². The minimum absolute atomic E-state index is 0.717. The lowest BCUT2D eigenvalue weighted by molar-refractivity contribution is 0.447. The third-order valence-corrected chi connectivity index (χ3v) is 4.89. The number of hydrogen-bond donors (Lipinski definition) is 1. The second-order valence-corrected chi connectivity index (χ2v) is 6.46. The summed E-state index contributed by atoms with van der Waals surface area (Å²) in [6.45, 7) is 5.54. The first-order valence-corrected chi connectivity index (χ1v) is 7.76. The molecule has 0 amide bonds. The standard InChI is InChI=1S/C14H24N2S/c1-3-13-9-16-14(17-13)10-15-12-6-4-5-11(2)7-8-12/h9,11-12,15H,3-8,10H2,1-2H3. The van der Waals surface area contributed by atoms with Crippen LogP contribution in [0.3, 0.4) is 0 Å². The molecule has 0 aromatic carbocycles. The predicted molar refractivity (Wildman–Crippen MR) is 74.4 cm³/mol. The second-order valence-electron chi connectivity index (χ2n) is 5.27. The number of nitrogens with zero attached hydrogens (tertiary/aromatic N) is 1. The molecule has 1 N–H and O–H groups in total. The average molecular weight is 252 g/mol. The summed E-state index contributed by atoms with van der Waals surface area (Å²) in [4.78, 5) is 5.87. The molecule has 2 unspecified atom stereocenters. The maximum absolute atomic E-state index is 4.47. The van der Waals surface area contributed by atoms with Crippen molar-refractivity contribution in [2.45, 2.75) is 65.0 Å². The Kier molecular flexibility index (Phi) is 4.99. The van der Waals surface area contributed by atoms with Crippen LogP contribution in [0, 0.1) is 5.92 Å². The normalized spacial score (nSPS) is 25.8. The van der Waals surface area contributed by atoms with Crippen molar-refractivity contribution in [3.8, 4) is 0 Å². The van der Waals surface area contributed by atoms with E-state index in [1.807, 2.05) is 17.5 Å². The van der Waals surface area contributed by atoms with Crippen molar-refractivity contribution >= 4 is 11.3 Å². The fraction of sp³-hybridized carbons (Fsp3) is 0.786. The Balaban J connectivity index is 1.77. The van der Waals surface area contributed by atoms with Gasteiger partial charge >= 0.3 is 0 Å². The van der Waals surface area contributed by atoms with E-state index in [0.29, 0.717) is 6.04 Å². The summed E-state index contributed by atoms with van der Waals surface area (Å²) in [5.41, 5.74) is 0. The Morgan fingerprint density at radius 2 is 2.24 bits per heavy atom. The first kappa shape index (κ1) is 13.0. The Hall–Kier alpha value is -0.410. The van der Waals surface area contributed by atoms with Gasteiger partial charge in [0, 0.05) is 23.7 Å². The van der Waals surface area contributed by atoms with Crippen molar-refractivity contribution in [3.63, 3.8) is 0 Å². The van der Waals surface area contributed by atoms with Gasteiger partial charge in [0.1, 0.15) is 5.01 Å². The van der Waals surface area contributed by atoms with E-state index in [-0.39, 0.29) is 0 Å². The number of aromatic nitrogens is 1. The Bertz CT molecular complexity index is 335. The largest absolute Gasteiger partial charge is 0.308 e. The minimum Gasteiger partial charge on any atom is -0.308 e. The van der Waals surface area contributed by atoms with Gasteiger partial charge < -0.3 is 5.32 Å². The zero-order valence-electron chi connectivity index (χ0n) is 11.0. The third kappa shape index (κ3) is 4.07. The van der Waals surface area contributed by atoms with Crippen molar-refractivity contribution in [1.82, 2.24) is 10.3 Å². The van der Waals surface area contributed by atoms with Gasteiger partial charge in [0.05, 0.1) is 0 Å². The number of nitrogens with one attached hydrogen (secondary N) is 1. The van der Waals surface area contributed by atoms with Crippen LogP contribution in [0.1, 0.15) is 55.8 Å². The number of aryl methyl sites for hydroxylation is 1. The van der Waals surface area contributed by atoms with Crippen LogP contribution >= 0.6 is 11.3 Å². The second kappa shape index (κ2) is 6.50. The molecule has 17 heavy (non-hydrogen) atoms. The molecule has 2 atom stereocenters. The molecule has 0 bridgehead atoms.